The Morgan fingerprint density at radius 2 is 2.04 bits per heavy atom. The number of hydrogen-bond acceptors (Lipinski definition) is 3. The summed E-state index contributed by atoms with van der Waals surface area (Å²) in [6, 6.07) is 14.2. The van der Waals surface area contributed by atoms with Gasteiger partial charge >= 0.3 is 5.97 Å². The summed E-state index contributed by atoms with van der Waals surface area (Å²) in [4.78, 5) is 15.8. The molecule has 0 saturated heterocycles. The van der Waals surface area contributed by atoms with Gasteiger partial charge in [0.25, 0.3) is 0 Å². The van der Waals surface area contributed by atoms with E-state index in [0.717, 1.165) is 31.9 Å². The van der Waals surface area contributed by atoms with Crippen LogP contribution in [0.15, 0.2) is 53.6 Å². The number of aromatic nitrogens is 1. The smallest absolute Gasteiger partial charge is 0.306 e. The van der Waals surface area contributed by atoms with E-state index in [1.165, 1.54) is 0 Å². The Balaban J connectivity index is 1.85. The van der Waals surface area contributed by atoms with Gasteiger partial charge in [-0.25, -0.2) is 0 Å². The van der Waals surface area contributed by atoms with Crippen molar-refractivity contribution < 1.29 is 9.53 Å². The summed E-state index contributed by atoms with van der Waals surface area (Å²) in [5.74, 6) is 0.520. The van der Waals surface area contributed by atoms with Gasteiger partial charge in [-0.2, -0.15) is 0 Å². The first kappa shape index (κ1) is 16.9. The molecular weight excluding hydrogens is 342 g/mol. The molecule has 0 aliphatic carbocycles. The van der Waals surface area contributed by atoms with Crippen LogP contribution in [-0.4, -0.2) is 23.3 Å². The Morgan fingerprint density at radius 1 is 1.21 bits per heavy atom. The monoisotopic (exact) mass is 359 g/mol. The summed E-state index contributed by atoms with van der Waals surface area (Å²) < 4.78 is 4.98. The van der Waals surface area contributed by atoms with E-state index in [1.54, 1.807) is 11.8 Å². The fourth-order valence-electron chi connectivity index (χ4n) is 2.57. The number of carbonyl (C=O) groups is 1. The first-order chi connectivity index (χ1) is 11.7. The number of carbonyl (C=O) groups excluding carboxylic acids is 1. The van der Waals surface area contributed by atoms with Gasteiger partial charge in [0.05, 0.1) is 13.0 Å². The van der Waals surface area contributed by atoms with Crippen LogP contribution < -0.4 is 0 Å². The Morgan fingerprint density at radius 3 is 2.88 bits per heavy atom. The molecule has 0 spiro atoms. The van der Waals surface area contributed by atoms with Gasteiger partial charge in [0.1, 0.15) is 0 Å². The molecule has 1 N–H and O–H groups in total. The molecule has 3 aromatic rings. The molecule has 2 aromatic carbocycles. The van der Waals surface area contributed by atoms with E-state index in [9.17, 15) is 4.79 Å². The predicted molar refractivity (Wildman–Crippen MR) is 101 cm³/mol. The molecule has 0 radical (unpaired) electrons. The molecule has 0 unspecified atom stereocenters. The number of fused-ring (bicyclic) bond motifs is 1. The lowest BCUT2D eigenvalue weighted by Gasteiger charge is -2.11. The van der Waals surface area contributed by atoms with Gasteiger partial charge in [0.15, 0.2) is 0 Å². The molecule has 3 rings (SSSR count). The van der Waals surface area contributed by atoms with Crippen molar-refractivity contribution in [3.63, 3.8) is 0 Å². The number of thioether (sulfide) groups is 1. The SMILES string of the molecule is CCOC(=O)CCSc1ccccc1-c1cc2[nH]ccc2cc1Cl. The normalized spacial score (nSPS) is 10.9. The van der Waals surface area contributed by atoms with E-state index in [-0.39, 0.29) is 5.97 Å². The third kappa shape index (κ3) is 3.77. The number of rotatable bonds is 6. The number of benzene rings is 2. The summed E-state index contributed by atoms with van der Waals surface area (Å²) in [6.07, 6.45) is 2.31. The highest BCUT2D eigenvalue weighted by Crippen LogP contribution is 2.37. The largest absolute Gasteiger partial charge is 0.466 e. The number of esters is 1. The topological polar surface area (TPSA) is 42.1 Å². The van der Waals surface area contributed by atoms with Crippen LogP contribution in [0.1, 0.15) is 13.3 Å². The summed E-state index contributed by atoms with van der Waals surface area (Å²) in [7, 11) is 0. The maximum atomic E-state index is 11.5. The summed E-state index contributed by atoms with van der Waals surface area (Å²) >= 11 is 8.14. The average molecular weight is 360 g/mol. The molecule has 0 aliphatic rings. The van der Waals surface area contributed by atoms with Gasteiger partial charge in [-0.05, 0) is 36.8 Å². The molecule has 1 heterocycles. The second kappa shape index (κ2) is 7.77. The third-order valence-electron chi connectivity index (χ3n) is 3.69. The zero-order valence-electron chi connectivity index (χ0n) is 13.3. The number of aromatic amines is 1. The predicted octanol–water partition coefficient (Wildman–Crippen LogP) is 5.53. The molecule has 0 amide bonds. The summed E-state index contributed by atoms with van der Waals surface area (Å²) in [5.41, 5.74) is 3.12. The van der Waals surface area contributed by atoms with Crippen molar-refractivity contribution in [3.05, 3.63) is 53.7 Å². The minimum Gasteiger partial charge on any atom is -0.466 e. The molecule has 0 bridgehead atoms. The molecule has 0 aliphatic heterocycles. The van der Waals surface area contributed by atoms with Crippen LogP contribution >= 0.6 is 23.4 Å². The Bertz CT molecular complexity index is 859. The maximum absolute atomic E-state index is 11.5. The molecule has 1 aromatic heterocycles. The number of halogens is 1. The zero-order chi connectivity index (χ0) is 16.9. The van der Waals surface area contributed by atoms with Crippen molar-refractivity contribution in [3.8, 4) is 11.1 Å². The fourth-order valence-corrected chi connectivity index (χ4v) is 3.84. The van der Waals surface area contributed by atoms with Crippen molar-refractivity contribution in [2.75, 3.05) is 12.4 Å². The molecule has 5 heteroatoms. The molecule has 0 saturated carbocycles. The van der Waals surface area contributed by atoms with Crippen LogP contribution in [0.2, 0.25) is 5.02 Å². The highest BCUT2D eigenvalue weighted by atomic mass is 35.5. The van der Waals surface area contributed by atoms with E-state index in [4.69, 9.17) is 16.3 Å². The van der Waals surface area contributed by atoms with Crippen molar-refractivity contribution in [1.29, 1.82) is 0 Å². The highest BCUT2D eigenvalue weighted by molar-refractivity contribution is 7.99. The van der Waals surface area contributed by atoms with Gasteiger partial charge in [0.2, 0.25) is 0 Å². The molecule has 3 nitrogen and oxygen atoms in total. The van der Waals surface area contributed by atoms with Gasteiger partial charge in [0, 0.05) is 38.3 Å². The van der Waals surface area contributed by atoms with Crippen LogP contribution in [-0.2, 0) is 9.53 Å². The lowest BCUT2D eigenvalue weighted by atomic mass is 10.0. The van der Waals surface area contributed by atoms with Gasteiger partial charge in [-0.15, -0.1) is 11.8 Å². The van der Waals surface area contributed by atoms with Gasteiger partial charge in [-0.3, -0.25) is 4.79 Å². The van der Waals surface area contributed by atoms with E-state index < -0.39 is 0 Å². The molecule has 0 fully saturated rings. The lowest BCUT2D eigenvalue weighted by Crippen LogP contribution is -2.04. The standard InChI is InChI=1S/C19H18ClNO2S/c1-2-23-19(22)8-10-24-18-6-4-3-5-14(18)15-12-17-13(7-9-21-17)11-16(15)20/h3-7,9,11-12,21H,2,8,10H2,1H3. The van der Waals surface area contributed by atoms with Crippen LogP contribution in [0.4, 0.5) is 0 Å². The molecule has 24 heavy (non-hydrogen) atoms. The number of hydrogen-bond donors (Lipinski definition) is 1. The van der Waals surface area contributed by atoms with Crippen LogP contribution in [0.5, 0.6) is 0 Å². The van der Waals surface area contributed by atoms with Gasteiger partial charge in [-0.1, -0.05) is 29.8 Å². The Hall–Kier alpha value is -1.91. The zero-order valence-corrected chi connectivity index (χ0v) is 14.9. The van der Waals surface area contributed by atoms with Crippen molar-refractivity contribution in [2.45, 2.75) is 18.2 Å². The average Bonchev–Trinajstić information content (AvgIpc) is 3.02. The number of H-pyrrole nitrogens is 1. The van der Waals surface area contributed by atoms with Crippen molar-refractivity contribution in [1.82, 2.24) is 4.98 Å². The van der Waals surface area contributed by atoms with Crippen LogP contribution in [0, 0.1) is 0 Å². The number of ether oxygens (including phenoxy) is 1. The summed E-state index contributed by atoms with van der Waals surface area (Å²) in [5, 5.41) is 1.82. The van der Waals surface area contributed by atoms with E-state index >= 15 is 0 Å². The van der Waals surface area contributed by atoms with E-state index in [0.29, 0.717) is 18.8 Å². The number of nitrogens with one attached hydrogen (secondary N) is 1. The van der Waals surface area contributed by atoms with Gasteiger partial charge < -0.3 is 9.72 Å². The second-order valence-electron chi connectivity index (χ2n) is 5.30. The van der Waals surface area contributed by atoms with E-state index in [2.05, 4.69) is 23.2 Å². The van der Waals surface area contributed by atoms with Crippen LogP contribution in [0.25, 0.3) is 22.0 Å². The minimum atomic E-state index is -0.159. The quantitative estimate of drug-likeness (QED) is 0.464. The minimum absolute atomic E-state index is 0.159. The van der Waals surface area contributed by atoms with E-state index in [1.807, 2.05) is 37.4 Å². The lowest BCUT2D eigenvalue weighted by molar-refractivity contribution is -0.142. The van der Waals surface area contributed by atoms with Crippen molar-refractivity contribution >= 4 is 40.2 Å². The first-order valence-electron chi connectivity index (χ1n) is 7.83. The first-order valence-corrected chi connectivity index (χ1v) is 9.20. The van der Waals surface area contributed by atoms with Crippen LogP contribution in [0.3, 0.4) is 0 Å². The van der Waals surface area contributed by atoms with Crippen molar-refractivity contribution in [2.24, 2.45) is 0 Å². The Kier molecular flexibility index (Phi) is 5.48. The molecular formula is C19H18ClNO2S. The highest BCUT2D eigenvalue weighted by Gasteiger charge is 2.11. The summed E-state index contributed by atoms with van der Waals surface area (Å²) in [6.45, 7) is 2.24. The molecule has 124 valence electrons. The molecule has 0 atom stereocenters. The maximum Gasteiger partial charge on any atom is 0.306 e. The second-order valence-corrected chi connectivity index (χ2v) is 6.84. The fraction of sp³-hybridized carbons (Fsp3) is 0.211. The Labute approximate surface area is 150 Å². The third-order valence-corrected chi connectivity index (χ3v) is 5.08.